The van der Waals surface area contributed by atoms with Crippen molar-refractivity contribution in [3.05, 3.63) is 0 Å². The van der Waals surface area contributed by atoms with Crippen molar-refractivity contribution in [2.75, 3.05) is 0 Å². The lowest BCUT2D eigenvalue weighted by atomic mass is 9.64. The van der Waals surface area contributed by atoms with E-state index in [2.05, 4.69) is 27.7 Å². The second kappa shape index (κ2) is 3.04. The van der Waals surface area contributed by atoms with Gasteiger partial charge in [0.25, 0.3) is 0 Å². The third-order valence-corrected chi connectivity index (χ3v) is 6.85. The fraction of sp³-hybridized carbons (Fsp3) is 1.00. The molecule has 0 aromatic carbocycles. The number of fused-ring (bicyclic) bond motifs is 1. The Morgan fingerprint density at radius 2 is 1.75 bits per heavy atom. The van der Waals surface area contributed by atoms with Gasteiger partial charge in [-0.15, -0.1) is 0 Å². The maximum atomic E-state index is 10.4. The van der Waals surface area contributed by atoms with E-state index in [4.69, 9.17) is 0 Å². The predicted molar refractivity (Wildman–Crippen MR) is 66.0 cm³/mol. The van der Waals surface area contributed by atoms with E-state index in [0.29, 0.717) is 16.7 Å². The average molecular weight is 222 g/mol. The fourth-order valence-corrected chi connectivity index (χ4v) is 5.86. The van der Waals surface area contributed by atoms with Gasteiger partial charge in [0, 0.05) is 0 Å². The minimum atomic E-state index is -0.0384. The van der Waals surface area contributed by atoms with Gasteiger partial charge in [0.15, 0.2) is 0 Å². The maximum Gasteiger partial charge on any atom is 0.0574 e. The first kappa shape index (κ1) is 11.1. The summed E-state index contributed by atoms with van der Waals surface area (Å²) in [5, 5.41) is 10.4. The molecule has 1 nitrogen and oxygen atoms in total. The van der Waals surface area contributed by atoms with Crippen LogP contribution in [0.3, 0.4) is 0 Å². The monoisotopic (exact) mass is 222 g/mol. The Morgan fingerprint density at radius 3 is 2.44 bits per heavy atom. The molecule has 0 heterocycles. The van der Waals surface area contributed by atoms with Crippen molar-refractivity contribution in [3.63, 3.8) is 0 Å². The molecule has 6 atom stereocenters. The molecule has 0 aliphatic heterocycles. The van der Waals surface area contributed by atoms with Crippen LogP contribution < -0.4 is 0 Å². The zero-order valence-corrected chi connectivity index (χ0v) is 11.2. The largest absolute Gasteiger partial charge is 0.393 e. The Morgan fingerprint density at radius 1 is 1.06 bits per heavy atom. The third kappa shape index (κ3) is 1.06. The summed E-state index contributed by atoms with van der Waals surface area (Å²) in [6.45, 7) is 9.64. The zero-order valence-electron chi connectivity index (χ0n) is 11.2. The van der Waals surface area contributed by atoms with E-state index in [1.165, 1.54) is 19.3 Å². The highest BCUT2D eigenvalue weighted by molar-refractivity contribution is 5.15. The van der Waals surface area contributed by atoms with Gasteiger partial charge in [0.2, 0.25) is 0 Å². The first-order valence-electron chi connectivity index (χ1n) is 7.07. The van der Waals surface area contributed by atoms with Crippen LogP contribution in [0.15, 0.2) is 0 Å². The van der Waals surface area contributed by atoms with Crippen LogP contribution in [0.1, 0.15) is 53.4 Å². The normalized spacial score (nSPS) is 58.7. The first-order valence-corrected chi connectivity index (χ1v) is 7.07. The second-order valence-corrected chi connectivity index (χ2v) is 7.53. The molecule has 2 bridgehead atoms. The highest BCUT2D eigenvalue weighted by atomic mass is 16.3. The molecule has 3 aliphatic carbocycles. The van der Waals surface area contributed by atoms with Gasteiger partial charge in [-0.25, -0.2) is 0 Å². The molecule has 0 saturated heterocycles. The van der Waals surface area contributed by atoms with Gasteiger partial charge in [-0.3, -0.25) is 0 Å². The minimum absolute atomic E-state index is 0.0384. The van der Waals surface area contributed by atoms with Crippen molar-refractivity contribution in [1.29, 1.82) is 0 Å². The number of aliphatic hydroxyl groups excluding tert-OH is 1. The lowest BCUT2D eigenvalue weighted by Gasteiger charge is -2.42. The van der Waals surface area contributed by atoms with E-state index in [1.807, 2.05) is 0 Å². The molecule has 3 saturated carbocycles. The summed E-state index contributed by atoms with van der Waals surface area (Å²) >= 11 is 0. The Balaban J connectivity index is 2.06. The van der Waals surface area contributed by atoms with Crippen molar-refractivity contribution >= 4 is 0 Å². The average Bonchev–Trinajstić information content (AvgIpc) is 2.59. The van der Waals surface area contributed by atoms with E-state index in [1.54, 1.807) is 0 Å². The smallest absolute Gasteiger partial charge is 0.0574 e. The molecule has 16 heavy (non-hydrogen) atoms. The second-order valence-electron chi connectivity index (χ2n) is 7.53. The number of rotatable bonds is 0. The summed E-state index contributed by atoms with van der Waals surface area (Å²) in [5.74, 6) is 2.98. The van der Waals surface area contributed by atoms with Gasteiger partial charge >= 0.3 is 0 Å². The molecule has 1 spiro atoms. The third-order valence-electron chi connectivity index (χ3n) is 6.85. The van der Waals surface area contributed by atoms with Gasteiger partial charge in [-0.2, -0.15) is 0 Å². The van der Waals surface area contributed by atoms with Crippen LogP contribution in [0.25, 0.3) is 0 Å². The molecule has 0 amide bonds. The Bertz CT molecular complexity index is 309. The van der Waals surface area contributed by atoms with E-state index < -0.39 is 0 Å². The van der Waals surface area contributed by atoms with Crippen molar-refractivity contribution in [3.8, 4) is 0 Å². The van der Waals surface area contributed by atoms with Gasteiger partial charge in [0.05, 0.1) is 6.10 Å². The summed E-state index contributed by atoms with van der Waals surface area (Å²) in [4.78, 5) is 0. The quantitative estimate of drug-likeness (QED) is 0.665. The first-order chi connectivity index (χ1) is 7.39. The summed E-state index contributed by atoms with van der Waals surface area (Å²) in [5.41, 5.74) is 0.960. The Hall–Kier alpha value is -0.0400. The van der Waals surface area contributed by atoms with Crippen LogP contribution in [-0.4, -0.2) is 11.2 Å². The van der Waals surface area contributed by atoms with E-state index >= 15 is 0 Å². The number of aliphatic hydroxyl groups is 1. The molecule has 3 fully saturated rings. The molecule has 92 valence electrons. The molecule has 2 unspecified atom stereocenters. The Labute approximate surface area is 99.6 Å². The zero-order chi connectivity index (χ0) is 11.7. The van der Waals surface area contributed by atoms with Crippen LogP contribution in [-0.2, 0) is 0 Å². The summed E-state index contributed by atoms with van der Waals surface area (Å²) < 4.78 is 0. The van der Waals surface area contributed by atoms with Crippen molar-refractivity contribution in [1.82, 2.24) is 0 Å². The molecular formula is C15H26O. The molecule has 3 aliphatic rings. The fourth-order valence-electron chi connectivity index (χ4n) is 5.86. The SMILES string of the molecule is C[C@@H]1CCC2C(C)(C)C3C[C@]21C[C@H](O)[C@H]3C. The lowest BCUT2D eigenvalue weighted by molar-refractivity contribution is -0.0194. The standard InChI is InChI=1S/C15H26O/c1-9-5-6-13-14(3,4)11-7-15(9,13)8-12(16)10(11)2/h9-13,16H,5-8H2,1-4H3/t9-,10+,11?,12+,13?,15-/m1/s1. The predicted octanol–water partition coefficient (Wildman–Crippen LogP) is 3.47. The van der Waals surface area contributed by atoms with Gasteiger partial charge < -0.3 is 5.11 Å². The lowest BCUT2D eigenvalue weighted by Crippen LogP contribution is -2.39. The highest BCUT2D eigenvalue weighted by Crippen LogP contribution is 2.72. The van der Waals surface area contributed by atoms with Crippen molar-refractivity contribution in [2.24, 2.45) is 34.5 Å². The van der Waals surface area contributed by atoms with E-state index in [0.717, 1.165) is 24.2 Å². The van der Waals surface area contributed by atoms with Crippen molar-refractivity contribution in [2.45, 2.75) is 59.5 Å². The van der Waals surface area contributed by atoms with Crippen LogP contribution in [0.5, 0.6) is 0 Å². The Kier molecular flexibility index (Phi) is 2.11. The topological polar surface area (TPSA) is 20.2 Å². The van der Waals surface area contributed by atoms with Crippen LogP contribution in [0, 0.1) is 34.5 Å². The van der Waals surface area contributed by atoms with Crippen LogP contribution >= 0.6 is 0 Å². The summed E-state index contributed by atoms with van der Waals surface area (Å²) in [6, 6.07) is 0. The minimum Gasteiger partial charge on any atom is -0.393 e. The molecule has 1 heteroatoms. The van der Waals surface area contributed by atoms with E-state index in [9.17, 15) is 5.11 Å². The maximum absolute atomic E-state index is 10.4. The highest BCUT2D eigenvalue weighted by Gasteiger charge is 2.66. The molecule has 0 aromatic heterocycles. The van der Waals surface area contributed by atoms with Crippen LogP contribution in [0.2, 0.25) is 0 Å². The molecule has 0 aromatic rings. The summed E-state index contributed by atoms with van der Waals surface area (Å²) in [7, 11) is 0. The van der Waals surface area contributed by atoms with Gasteiger partial charge in [0.1, 0.15) is 0 Å². The summed E-state index contributed by atoms with van der Waals surface area (Å²) in [6.07, 6.45) is 5.24. The molecule has 1 N–H and O–H groups in total. The van der Waals surface area contributed by atoms with E-state index in [-0.39, 0.29) is 6.10 Å². The molecule has 0 radical (unpaired) electrons. The van der Waals surface area contributed by atoms with Gasteiger partial charge in [-0.05, 0) is 60.2 Å². The van der Waals surface area contributed by atoms with Crippen LogP contribution in [0.4, 0.5) is 0 Å². The van der Waals surface area contributed by atoms with Gasteiger partial charge in [-0.1, -0.05) is 27.7 Å². The number of hydrogen-bond acceptors (Lipinski definition) is 1. The molecule has 3 rings (SSSR count). The molecular weight excluding hydrogens is 196 g/mol. The number of hydrogen-bond donors (Lipinski definition) is 1. The van der Waals surface area contributed by atoms with Crippen molar-refractivity contribution < 1.29 is 5.11 Å².